The van der Waals surface area contributed by atoms with Crippen molar-refractivity contribution < 1.29 is 14.3 Å². The van der Waals surface area contributed by atoms with E-state index in [9.17, 15) is 10.1 Å². The van der Waals surface area contributed by atoms with Crippen LogP contribution in [0.2, 0.25) is 0 Å². The molecule has 0 radical (unpaired) electrons. The highest BCUT2D eigenvalue weighted by molar-refractivity contribution is 5.92. The van der Waals surface area contributed by atoms with Crippen LogP contribution in [0.4, 0.5) is 5.69 Å². The summed E-state index contributed by atoms with van der Waals surface area (Å²) >= 11 is 0. The highest BCUT2D eigenvalue weighted by atomic mass is 16.5. The van der Waals surface area contributed by atoms with E-state index in [1.165, 1.54) is 18.5 Å². The van der Waals surface area contributed by atoms with Crippen molar-refractivity contribution in [3.8, 4) is 6.07 Å². The Labute approximate surface area is 159 Å². The summed E-state index contributed by atoms with van der Waals surface area (Å²) in [5, 5.41) is 9.65. The van der Waals surface area contributed by atoms with Crippen LogP contribution >= 0.6 is 0 Å². The van der Waals surface area contributed by atoms with Crippen molar-refractivity contribution in [3.63, 3.8) is 0 Å². The minimum absolute atomic E-state index is 0.0364. The largest absolute Gasteiger partial charge is 0.463 e. The molecule has 1 saturated heterocycles. The molecule has 1 unspecified atom stereocenters. The normalized spacial score (nSPS) is 19.8. The third kappa shape index (κ3) is 3.50. The summed E-state index contributed by atoms with van der Waals surface area (Å²) in [5.41, 5.74) is 9.65. The molecule has 2 N–H and O–H groups in total. The molecule has 2 heterocycles. The first-order chi connectivity index (χ1) is 13.0. The highest BCUT2D eigenvalue weighted by Crippen LogP contribution is 2.40. The molecule has 1 aromatic carbocycles. The minimum atomic E-state index is -0.589. The van der Waals surface area contributed by atoms with Crippen LogP contribution in [0.15, 0.2) is 41.0 Å². The number of hydrogen-bond acceptors (Lipinski definition) is 6. The van der Waals surface area contributed by atoms with Crippen molar-refractivity contribution >= 4 is 11.7 Å². The number of aryl methyl sites for hydroxylation is 1. The number of nitrogens with zero attached hydrogens (tertiary/aromatic N) is 2. The van der Waals surface area contributed by atoms with Crippen LogP contribution in [0, 0.1) is 18.3 Å². The Kier molecular flexibility index (Phi) is 5.41. The molecule has 3 rings (SSSR count). The lowest BCUT2D eigenvalue weighted by Gasteiger charge is -2.28. The predicted molar refractivity (Wildman–Crippen MR) is 103 cm³/mol. The zero-order chi connectivity index (χ0) is 19.6. The Morgan fingerprint density at radius 3 is 2.67 bits per heavy atom. The summed E-state index contributed by atoms with van der Waals surface area (Å²) < 4.78 is 10.7. The van der Waals surface area contributed by atoms with E-state index in [2.05, 4.69) is 24.0 Å². The number of rotatable bonds is 4. The lowest BCUT2D eigenvalue weighted by Crippen LogP contribution is -2.26. The van der Waals surface area contributed by atoms with Crippen molar-refractivity contribution in [2.75, 3.05) is 24.6 Å². The molecule has 142 valence electrons. The van der Waals surface area contributed by atoms with Crippen molar-refractivity contribution in [2.24, 2.45) is 5.73 Å². The van der Waals surface area contributed by atoms with Crippen LogP contribution in [0.25, 0.3) is 0 Å². The number of carbonyl (C=O) groups is 1. The van der Waals surface area contributed by atoms with Gasteiger partial charge in [0.15, 0.2) is 0 Å². The molecular formula is C21H25N3O3. The predicted octanol–water partition coefficient (Wildman–Crippen LogP) is 3.24. The number of anilines is 1. The average molecular weight is 367 g/mol. The third-order valence-electron chi connectivity index (χ3n) is 5.10. The summed E-state index contributed by atoms with van der Waals surface area (Å²) in [7, 11) is 0. The van der Waals surface area contributed by atoms with Gasteiger partial charge < -0.3 is 20.1 Å². The fourth-order valence-electron chi connectivity index (χ4n) is 3.86. The number of hydrogen-bond donors (Lipinski definition) is 1. The molecule has 0 aromatic heterocycles. The van der Waals surface area contributed by atoms with Gasteiger partial charge in [0.25, 0.3) is 0 Å². The molecule has 27 heavy (non-hydrogen) atoms. The van der Waals surface area contributed by atoms with Crippen LogP contribution < -0.4 is 10.6 Å². The van der Waals surface area contributed by atoms with E-state index in [1.54, 1.807) is 13.8 Å². The molecule has 2 aliphatic rings. The molecule has 0 saturated carbocycles. The Balaban J connectivity index is 2.06. The van der Waals surface area contributed by atoms with Gasteiger partial charge in [0, 0.05) is 18.8 Å². The quantitative estimate of drug-likeness (QED) is 0.822. The van der Waals surface area contributed by atoms with Crippen LogP contribution in [0.1, 0.15) is 43.7 Å². The topological polar surface area (TPSA) is 88.6 Å². The van der Waals surface area contributed by atoms with Gasteiger partial charge in [-0.15, -0.1) is 0 Å². The van der Waals surface area contributed by atoms with E-state index >= 15 is 0 Å². The first-order valence-corrected chi connectivity index (χ1v) is 9.28. The summed E-state index contributed by atoms with van der Waals surface area (Å²) in [4.78, 5) is 14.9. The molecule has 6 nitrogen and oxygen atoms in total. The lowest BCUT2D eigenvalue weighted by atomic mass is 9.82. The first kappa shape index (κ1) is 18.8. The third-order valence-corrected chi connectivity index (χ3v) is 5.10. The second-order valence-electron chi connectivity index (χ2n) is 6.86. The molecule has 1 aromatic rings. The molecule has 0 bridgehead atoms. The van der Waals surface area contributed by atoms with E-state index in [4.69, 9.17) is 15.2 Å². The van der Waals surface area contributed by atoms with E-state index in [1.807, 2.05) is 12.1 Å². The fraction of sp³-hybridized carbons (Fsp3) is 0.429. The smallest absolute Gasteiger partial charge is 0.338 e. The van der Waals surface area contributed by atoms with Crippen molar-refractivity contribution in [3.05, 3.63) is 52.1 Å². The van der Waals surface area contributed by atoms with Crippen molar-refractivity contribution in [1.82, 2.24) is 0 Å². The van der Waals surface area contributed by atoms with Crippen LogP contribution in [-0.2, 0) is 14.3 Å². The maximum Gasteiger partial charge on any atom is 0.338 e. The molecule has 0 aliphatic carbocycles. The first-order valence-electron chi connectivity index (χ1n) is 9.28. The maximum absolute atomic E-state index is 12.6. The van der Waals surface area contributed by atoms with Gasteiger partial charge in [0.1, 0.15) is 17.4 Å². The number of nitrogens with two attached hydrogens (primary N) is 1. The summed E-state index contributed by atoms with van der Waals surface area (Å²) in [6, 6.07) is 8.18. The highest BCUT2D eigenvalue weighted by Gasteiger charge is 2.36. The van der Waals surface area contributed by atoms with E-state index in [0.717, 1.165) is 24.2 Å². The number of ether oxygens (including phenoxy) is 2. The molecule has 0 spiro atoms. The van der Waals surface area contributed by atoms with Gasteiger partial charge in [0.2, 0.25) is 5.88 Å². The van der Waals surface area contributed by atoms with Crippen LogP contribution in [0.5, 0.6) is 0 Å². The average Bonchev–Trinajstić information content (AvgIpc) is 3.15. The number of carbonyl (C=O) groups excluding carboxylic acids is 1. The fourth-order valence-corrected chi connectivity index (χ4v) is 3.86. The number of nitriles is 1. The Morgan fingerprint density at radius 2 is 2.07 bits per heavy atom. The van der Waals surface area contributed by atoms with Gasteiger partial charge in [-0.3, -0.25) is 0 Å². The lowest BCUT2D eigenvalue weighted by molar-refractivity contribution is -0.139. The van der Waals surface area contributed by atoms with Gasteiger partial charge in [-0.2, -0.15) is 5.26 Å². The number of allylic oxidation sites excluding steroid dienone is 2. The monoisotopic (exact) mass is 367 g/mol. The molecule has 0 amide bonds. The van der Waals surface area contributed by atoms with Crippen LogP contribution in [-0.4, -0.2) is 25.7 Å². The SMILES string of the molecule is CCOC(=O)C1=C(C)OC(N)=C(C#N)C1c1ccc(N2CCCC2)c(C)c1. The van der Waals surface area contributed by atoms with Gasteiger partial charge in [-0.25, -0.2) is 4.79 Å². The van der Waals surface area contributed by atoms with E-state index in [0.29, 0.717) is 11.3 Å². The molecule has 2 aliphatic heterocycles. The molecule has 1 atom stereocenters. The van der Waals surface area contributed by atoms with Gasteiger partial charge in [-0.05, 0) is 50.8 Å². The van der Waals surface area contributed by atoms with Crippen molar-refractivity contribution in [1.29, 1.82) is 5.26 Å². The zero-order valence-corrected chi connectivity index (χ0v) is 16.0. The van der Waals surface area contributed by atoms with Crippen molar-refractivity contribution in [2.45, 2.75) is 39.5 Å². The molecule has 6 heteroatoms. The summed E-state index contributed by atoms with van der Waals surface area (Å²) in [6.45, 7) is 7.83. The summed E-state index contributed by atoms with van der Waals surface area (Å²) in [5.74, 6) is -0.666. The molecule has 1 fully saturated rings. The molecular weight excluding hydrogens is 342 g/mol. The summed E-state index contributed by atoms with van der Waals surface area (Å²) in [6.07, 6.45) is 2.40. The minimum Gasteiger partial charge on any atom is -0.463 e. The van der Waals surface area contributed by atoms with Crippen LogP contribution in [0.3, 0.4) is 0 Å². The second-order valence-corrected chi connectivity index (χ2v) is 6.86. The van der Waals surface area contributed by atoms with Gasteiger partial charge in [-0.1, -0.05) is 12.1 Å². The Bertz CT molecular complexity index is 858. The second kappa shape index (κ2) is 7.75. The number of esters is 1. The maximum atomic E-state index is 12.6. The number of benzene rings is 1. The Hall–Kier alpha value is -2.94. The standard InChI is InChI=1S/C21H25N3O3/c1-4-26-21(25)18-14(3)27-20(23)16(12-22)19(18)15-7-8-17(13(2)11-15)24-9-5-6-10-24/h7-8,11,19H,4-6,9-10,23H2,1-3H3. The van der Waals surface area contributed by atoms with Gasteiger partial charge in [0.05, 0.1) is 18.1 Å². The van der Waals surface area contributed by atoms with Gasteiger partial charge >= 0.3 is 5.97 Å². The van der Waals surface area contributed by atoms with E-state index in [-0.39, 0.29) is 18.1 Å². The Morgan fingerprint density at radius 1 is 1.37 bits per heavy atom. The van der Waals surface area contributed by atoms with E-state index < -0.39 is 11.9 Å². The zero-order valence-electron chi connectivity index (χ0n) is 16.0.